The summed E-state index contributed by atoms with van der Waals surface area (Å²) in [7, 11) is -6.31. The minimum atomic E-state index is -5.15. The van der Waals surface area contributed by atoms with Crippen LogP contribution in [-0.2, 0) is 27.2 Å². The predicted octanol–water partition coefficient (Wildman–Crippen LogP) is 3.23. The van der Waals surface area contributed by atoms with Crippen molar-refractivity contribution < 1.29 is 33.5 Å². The van der Waals surface area contributed by atoms with Gasteiger partial charge in [-0.05, 0) is 36.2 Å². The molecule has 0 amide bonds. The zero-order valence-electron chi connectivity index (χ0n) is 17.3. The molecule has 2 aromatic heterocycles. The molecule has 0 spiro atoms. The molecule has 0 bridgehead atoms. The molecule has 0 aliphatic carbocycles. The van der Waals surface area contributed by atoms with Crippen molar-refractivity contribution in [3.05, 3.63) is 72.1 Å². The Bertz CT molecular complexity index is 1410. The van der Waals surface area contributed by atoms with E-state index in [2.05, 4.69) is 20.3 Å². The molecule has 11 nitrogen and oxygen atoms in total. The van der Waals surface area contributed by atoms with Crippen LogP contribution in [0.5, 0.6) is 5.75 Å². The van der Waals surface area contributed by atoms with Crippen LogP contribution in [0, 0.1) is 6.08 Å². The summed E-state index contributed by atoms with van der Waals surface area (Å²) in [6.45, 7) is 0.417. The Morgan fingerprint density at radius 2 is 1.88 bits per heavy atom. The Hall–Kier alpha value is -3.27. The van der Waals surface area contributed by atoms with Gasteiger partial charge in [0.25, 0.3) is 5.08 Å². The largest absolute Gasteiger partial charge is 0.508 e. The maximum atomic E-state index is 14.2. The fourth-order valence-electron chi connectivity index (χ4n) is 3.32. The van der Waals surface area contributed by atoms with Gasteiger partial charge in [-0.2, -0.15) is 14.4 Å². The predicted molar refractivity (Wildman–Crippen MR) is 120 cm³/mol. The summed E-state index contributed by atoms with van der Waals surface area (Å²) in [5.74, 6) is 0.200. The number of nitrogens with zero attached hydrogens (tertiary/aromatic N) is 4. The molecule has 0 aliphatic heterocycles. The van der Waals surface area contributed by atoms with Crippen LogP contribution < -0.4 is 5.32 Å². The molecule has 2 heterocycles. The molecule has 2 aromatic carbocycles. The smallest absolute Gasteiger partial charge is 0.373 e. The van der Waals surface area contributed by atoms with Crippen LogP contribution in [0.3, 0.4) is 0 Å². The van der Waals surface area contributed by atoms with Crippen molar-refractivity contribution in [3.8, 4) is 5.75 Å². The molecule has 4 rings (SSSR count). The third-order valence-electron chi connectivity index (χ3n) is 5.06. The molecule has 5 N–H and O–H groups in total. The molecule has 1 unspecified atom stereocenters. The molecule has 34 heavy (non-hydrogen) atoms. The summed E-state index contributed by atoms with van der Waals surface area (Å²) in [4.78, 5) is 30.5. The molecule has 14 heteroatoms. The fourth-order valence-corrected chi connectivity index (χ4v) is 4.48. The number of hydrogen-bond acceptors (Lipinski definition) is 8. The van der Waals surface area contributed by atoms with Gasteiger partial charge in [-0.1, -0.05) is 24.3 Å². The highest BCUT2D eigenvalue weighted by Crippen LogP contribution is 2.61. The summed E-state index contributed by atoms with van der Waals surface area (Å²) >= 11 is 0. The topological polar surface area (TPSA) is 171 Å². The first kappa shape index (κ1) is 23.9. The second-order valence-corrected chi connectivity index (χ2v) is 10.3. The van der Waals surface area contributed by atoms with E-state index in [4.69, 9.17) is 0 Å². The third kappa shape index (κ3) is 4.68. The van der Waals surface area contributed by atoms with E-state index < -0.39 is 27.2 Å². The average molecular weight is 505 g/mol. The van der Waals surface area contributed by atoms with Gasteiger partial charge in [0.2, 0.25) is 8.46 Å². The summed E-state index contributed by atoms with van der Waals surface area (Å²) < 4.78 is 38.6. The number of aromatic hydroxyl groups is 1. The van der Waals surface area contributed by atoms with Gasteiger partial charge in [0.1, 0.15) is 5.75 Å². The second-order valence-electron chi connectivity index (χ2n) is 7.34. The molecule has 0 saturated heterocycles. The van der Waals surface area contributed by atoms with E-state index in [0.717, 1.165) is 5.56 Å². The fraction of sp³-hybridized carbons (Fsp3) is 0.150. The van der Waals surface area contributed by atoms with Crippen LogP contribution in [0.15, 0.2) is 54.9 Å². The van der Waals surface area contributed by atoms with Gasteiger partial charge in [-0.25, -0.2) is 4.98 Å². The van der Waals surface area contributed by atoms with E-state index >= 15 is 0 Å². The minimum Gasteiger partial charge on any atom is -0.508 e. The van der Waals surface area contributed by atoms with Gasteiger partial charge >= 0.3 is 13.7 Å². The van der Waals surface area contributed by atoms with E-state index in [1.807, 2.05) is 6.07 Å². The summed E-state index contributed by atoms with van der Waals surface area (Å²) in [6.07, 6.45) is 1.03. The van der Waals surface area contributed by atoms with E-state index in [9.17, 15) is 33.5 Å². The number of nitrogens with one attached hydrogen (secondary N) is 1. The van der Waals surface area contributed by atoms with Crippen molar-refractivity contribution in [2.75, 3.05) is 5.32 Å². The normalized spacial score (nSPS) is 13.8. The van der Waals surface area contributed by atoms with Gasteiger partial charge in [0, 0.05) is 17.8 Å². The van der Waals surface area contributed by atoms with Crippen LogP contribution in [-0.4, -0.2) is 39.5 Å². The summed E-state index contributed by atoms with van der Waals surface area (Å²) in [5, 5.41) is 19.7. The zero-order valence-corrected chi connectivity index (χ0v) is 19.1. The lowest BCUT2D eigenvalue weighted by atomic mass is 10.1. The van der Waals surface area contributed by atoms with Gasteiger partial charge in [0.05, 0.1) is 6.33 Å². The van der Waals surface area contributed by atoms with Gasteiger partial charge < -0.3 is 29.9 Å². The van der Waals surface area contributed by atoms with Crippen molar-refractivity contribution in [2.45, 2.75) is 18.0 Å². The number of aliphatic hydroxyl groups is 1. The quantitative estimate of drug-likeness (QED) is 0.177. The molecular weight excluding hydrogens is 487 g/mol. The molecular formula is C20H18FN5O6P2. The van der Waals surface area contributed by atoms with Crippen LogP contribution in [0.4, 0.5) is 15.9 Å². The SMILES string of the molecule is O=PC(O)(c1ccc(Nc2nc(F)nc3c2ncn3CCc2cccc(O)c2)cc1)P(=O)(O)O. The number of aromatic nitrogens is 4. The van der Waals surface area contributed by atoms with Crippen molar-refractivity contribution in [1.29, 1.82) is 0 Å². The standard InChI is InChI=1S/C20H18FN5O6P2/c21-19-24-17(23-14-6-4-13(5-7-14)20(28,33-29)34(30,31)32)16-18(25-19)26(11-22-16)9-8-12-2-1-3-15(27)10-12/h1-7,10-11,27-28H,8-9H2,(H,23,24,25)(H2,30,31,32). The number of imidazole rings is 1. The van der Waals surface area contributed by atoms with Crippen molar-refractivity contribution in [1.82, 2.24) is 19.5 Å². The number of hydrogen-bond donors (Lipinski definition) is 5. The first-order valence-electron chi connectivity index (χ1n) is 9.77. The Morgan fingerprint density at radius 1 is 1.15 bits per heavy atom. The molecule has 1 atom stereocenters. The number of rotatable bonds is 8. The van der Waals surface area contributed by atoms with E-state index in [0.29, 0.717) is 18.7 Å². The van der Waals surface area contributed by atoms with Crippen LogP contribution >= 0.6 is 16.1 Å². The number of halogens is 1. The maximum Gasteiger partial charge on any atom is 0.373 e. The van der Waals surface area contributed by atoms with Crippen LogP contribution in [0.25, 0.3) is 11.2 Å². The molecule has 4 aromatic rings. The Balaban J connectivity index is 1.59. The average Bonchev–Trinajstić information content (AvgIpc) is 3.20. The second kappa shape index (κ2) is 9.17. The molecule has 176 valence electrons. The maximum absolute atomic E-state index is 14.2. The molecule has 0 radical (unpaired) electrons. The van der Waals surface area contributed by atoms with Gasteiger partial charge in [-0.15, -0.1) is 0 Å². The Kier molecular flexibility index (Phi) is 6.44. The zero-order chi connectivity index (χ0) is 24.5. The molecule has 0 saturated carbocycles. The third-order valence-corrected chi connectivity index (χ3v) is 7.67. The first-order valence-corrected chi connectivity index (χ1v) is 12.2. The number of benzene rings is 2. The first-order chi connectivity index (χ1) is 16.1. The van der Waals surface area contributed by atoms with Crippen molar-refractivity contribution >= 4 is 38.7 Å². The van der Waals surface area contributed by atoms with Crippen LogP contribution in [0.1, 0.15) is 11.1 Å². The number of phenols is 1. The van der Waals surface area contributed by atoms with E-state index in [-0.39, 0.29) is 28.3 Å². The lowest BCUT2D eigenvalue weighted by molar-refractivity contribution is 0.168. The monoisotopic (exact) mass is 505 g/mol. The Labute approximate surface area is 193 Å². The molecule has 0 fully saturated rings. The van der Waals surface area contributed by atoms with Gasteiger partial charge in [0.15, 0.2) is 17.0 Å². The van der Waals surface area contributed by atoms with Crippen molar-refractivity contribution in [2.24, 2.45) is 0 Å². The number of phenolic OH excluding ortho intramolecular Hbond substituents is 1. The highest BCUT2D eigenvalue weighted by molar-refractivity contribution is 7.62. The Morgan fingerprint density at radius 3 is 2.53 bits per heavy atom. The molecule has 0 aliphatic rings. The lowest BCUT2D eigenvalue weighted by Crippen LogP contribution is -2.18. The number of aryl methyl sites for hydroxylation is 2. The van der Waals surface area contributed by atoms with E-state index in [1.54, 1.807) is 22.8 Å². The minimum absolute atomic E-state index is 0.0542. The van der Waals surface area contributed by atoms with E-state index in [1.165, 1.54) is 30.6 Å². The highest BCUT2D eigenvalue weighted by atomic mass is 31.2. The summed E-state index contributed by atoms with van der Waals surface area (Å²) in [5.41, 5.74) is 1.48. The highest BCUT2D eigenvalue weighted by Gasteiger charge is 2.48. The van der Waals surface area contributed by atoms with Gasteiger partial charge in [-0.3, -0.25) is 9.13 Å². The summed E-state index contributed by atoms with van der Waals surface area (Å²) in [6, 6.07) is 11.8. The number of fused-ring (bicyclic) bond motifs is 1. The number of anilines is 2. The van der Waals surface area contributed by atoms with Crippen molar-refractivity contribution in [3.63, 3.8) is 0 Å². The lowest BCUT2D eigenvalue weighted by Gasteiger charge is -2.22. The van der Waals surface area contributed by atoms with Crippen LogP contribution in [0.2, 0.25) is 0 Å².